The molecule has 0 atom stereocenters. The summed E-state index contributed by atoms with van der Waals surface area (Å²) in [4.78, 5) is 11.1. The van der Waals surface area contributed by atoms with Crippen LogP contribution in [0.25, 0.3) is 21.7 Å². The molecule has 3 aromatic carbocycles. The van der Waals surface area contributed by atoms with Crippen LogP contribution in [0.15, 0.2) is 60.7 Å². The summed E-state index contributed by atoms with van der Waals surface area (Å²) in [6.45, 7) is 1.59. The number of rotatable bonds is 8. The average Bonchev–Trinajstić information content (AvgIpc) is 3.21. The van der Waals surface area contributed by atoms with E-state index in [0.717, 1.165) is 34.8 Å². The maximum absolute atomic E-state index is 14.8. The van der Waals surface area contributed by atoms with Crippen molar-refractivity contribution in [3.05, 3.63) is 94.8 Å². The number of aryl methyl sites for hydroxylation is 2. The molecule has 0 fully saturated rings. The van der Waals surface area contributed by atoms with Crippen molar-refractivity contribution in [1.82, 2.24) is 4.37 Å². The fourth-order valence-electron chi connectivity index (χ4n) is 3.55. The first-order valence-electron chi connectivity index (χ1n) is 10.3. The number of halogens is 3. The molecule has 168 valence electrons. The third-order valence-electron chi connectivity index (χ3n) is 5.17. The van der Waals surface area contributed by atoms with Crippen LogP contribution in [0.1, 0.15) is 23.1 Å². The first-order chi connectivity index (χ1) is 16.0. The summed E-state index contributed by atoms with van der Waals surface area (Å²) in [6.07, 6.45) is 1.10. The van der Waals surface area contributed by atoms with E-state index < -0.39 is 23.2 Å². The van der Waals surface area contributed by atoms with Crippen LogP contribution in [-0.2, 0) is 17.8 Å². The van der Waals surface area contributed by atoms with E-state index in [1.165, 1.54) is 6.07 Å². The highest BCUT2D eigenvalue weighted by molar-refractivity contribution is 7.10. The van der Waals surface area contributed by atoms with Crippen molar-refractivity contribution in [2.24, 2.45) is 0 Å². The zero-order valence-corrected chi connectivity index (χ0v) is 18.6. The van der Waals surface area contributed by atoms with Gasteiger partial charge in [-0.25, -0.2) is 13.2 Å². The number of nitrogens with zero attached hydrogens (tertiary/aromatic N) is 1. The number of carbonyl (C=O) groups is 1. The van der Waals surface area contributed by atoms with Crippen LogP contribution >= 0.6 is 11.5 Å². The highest BCUT2D eigenvalue weighted by atomic mass is 32.1. The quantitative estimate of drug-likeness (QED) is 0.264. The van der Waals surface area contributed by atoms with E-state index >= 15 is 0 Å². The summed E-state index contributed by atoms with van der Waals surface area (Å²) in [5, 5.41) is 0. The number of aromatic nitrogens is 1. The number of hydrogen-bond acceptors (Lipinski definition) is 4. The summed E-state index contributed by atoms with van der Waals surface area (Å²) < 4.78 is 54.0. The van der Waals surface area contributed by atoms with Gasteiger partial charge in [-0.05, 0) is 54.2 Å². The molecular weight excluding hydrogens is 447 g/mol. The molecule has 0 aliphatic rings. The van der Waals surface area contributed by atoms with Gasteiger partial charge < -0.3 is 9.53 Å². The number of hydrogen-bond donors (Lipinski definition) is 0. The topological polar surface area (TPSA) is 39.2 Å². The monoisotopic (exact) mass is 467 g/mol. The second kappa shape index (κ2) is 10.0. The lowest BCUT2D eigenvalue weighted by Crippen LogP contribution is -2.03. The van der Waals surface area contributed by atoms with Crippen molar-refractivity contribution < 1.29 is 22.7 Å². The Balaban J connectivity index is 1.72. The fraction of sp³-hybridized carbons (Fsp3) is 0.154. The van der Waals surface area contributed by atoms with Gasteiger partial charge in [0.15, 0.2) is 17.4 Å². The van der Waals surface area contributed by atoms with Crippen LogP contribution in [0.4, 0.5) is 13.2 Å². The van der Waals surface area contributed by atoms with Crippen LogP contribution in [0.2, 0.25) is 0 Å². The average molecular weight is 468 g/mol. The Morgan fingerprint density at radius 1 is 0.970 bits per heavy atom. The molecule has 0 unspecified atom stereocenters. The van der Waals surface area contributed by atoms with Crippen LogP contribution in [-0.4, -0.2) is 10.7 Å². The largest absolute Gasteiger partial charge is 0.483 e. The Kier molecular flexibility index (Phi) is 6.89. The van der Waals surface area contributed by atoms with Gasteiger partial charge in [0.2, 0.25) is 0 Å². The van der Waals surface area contributed by atoms with Crippen molar-refractivity contribution in [2.45, 2.75) is 26.4 Å². The predicted molar refractivity (Wildman–Crippen MR) is 123 cm³/mol. The van der Waals surface area contributed by atoms with Gasteiger partial charge in [-0.2, -0.15) is 4.37 Å². The minimum atomic E-state index is -0.858. The zero-order chi connectivity index (χ0) is 23.4. The molecule has 33 heavy (non-hydrogen) atoms. The minimum Gasteiger partial charge on any atom is -0.483 e. The van der Waals surface area contributed by atoms with Crippen molar-refractivity contribution >= 4 is 17.8 Å². The number of aldehydes is 1. The van der Waals surface area contributed by atoms with Crippen molar-refractivity contribution in [2.75, 3.05) is 0 Å². The van der Waals surface area contributed by atoms with Gasteiger partial charge in [0.25, 0.3) is 0 Å². The number of carbonyl (C=O) groups excluding carboxylic acids is 1. The molecule has 0 saturated carbocycles. The summed E-state index contributed by atoms with van der Waals surface area (Å²) in [5.74, 6) is -2.64. The van der Waals surface area contributed by atoms with Crippen LogP contribution in [0, 0.1) is 24.4 Å². The molecule has 0 spiro atoms. The van der Waals surface area contributed by atoms with E-state index in [-0.39, 0.29) is 19.4 Å². The molecule has 7 heteroatoms. The van der Waals surface area contributed by atoms with Gasteiger partial charge >= 0.3 is 0 Å². The van der Waals surface area contributed by atoms with E-state index in [0.29, 0.717) is 33.5 Å². The molecule has 4 rings (SSSR count). The summed E-state index contributed by atoms with van der Waals surface area (Å²) >= 11 is 1.11. The van der Waals surface area contributed by atoms with E-state index in [9.17, 15) is 18.0 Å². The van der Waals surface area contributed by atoms with Crippen molar-refractivity contribution in [3.63, 3.8) is 0 Å². The number of benzene rings is 3. The van der Waals surface area contributed by atoms with Gasteiger partial charge in [0, 0.05) is 23.1 Å². The summed E-state index contributed by atoms with van der Waals surface area (Å²) in [7, 11) is 0. The van der Waals surface area contributed by atoms with Gasteiger partial charge in [-0.1, -0.05) is 42.5 Å². The lowest BCUT2D eigenvalue weighted by atomic mass is 10.0. The molecule has 0 N–H and O–H groups in total. The SMILES string of the molecule is Cc1ccc(-c2snc(-c3ccccc3)c2COc2c(F)cc(CCC=O)cc2F)c(F)c1. The first-order valence-corrected chi connectivity index (χ1v) is 11.1. The highest BCUT2D eigenvalue weighted by Crippen LogP contribution is 2.38. The summed E-state index contributed by atoms with van der Waals surface area (Å²) in [6, 6.07) is 16.5. The standard InChI is InChI=1S/C26H20F3NO2S/c1-16-9-10-19(21(27)12-16)26-20(24(30-33-26)18-7-3-2-4-8-18)15-32-25-22(28)13-17(6-5-11-31)14-23(25)29/h2-4,7-14H,5-6,15H2,1H3. The summed E-state index contributed by atoms with van der Waals surface area (Å²) in [5.41, 5.74) is 3.40. The molecular formula is C26H20F3NO2S. The Labute approximate surface area is 193 Å². The second-order valence-electron chi connectivity index (χ2n) is 7.57. The molecule has 0 radical (unpaired) electrons. The Hall–Kier alpha value is -3.45. The van der Waals surface area contributed by atoms with Crippen LogP contribution in [0.3, 0.4) is 0 Å². The Bertz CT molecular complexity index is 1270. The smallest absolute Gasteiger partial charge is 0.191 e. The molecule has 3 nitrogen and oxygen atoms in total. The predicted octanol–water partition coefficient (Wildman–Crippen LogP) is 6.91. The molecule has 0 saturated heterocycles. The first kappa shape index (κ1) is 22.7. The van der Waals surface area contributed by atoms with Crippen molar-refractivity contribution in [3.8, 4) is 27.4 Å². The third-order valence-corrected chi connectivity index (χ3v) is 6.10. The normalized spacial score (nSPS) is 10.9. The lowest BCUT2D eigenvalue weighted by Gasteiger charge is -2.12. The van der Waals surface area contributed by atoms with E-state index in [2.05, 4.69) is 4.37 Å². The highest BCUT2D eigenvalue weighted by Gasteiger charge is 2.21. The van der Waals surface area contributed by atoms with Crippen LogP contribution < -0.4 is 4.74 Å². The van der Waals surface area contributed by atoms with E-state index in [1.54, 1.807) is 19.1 Å². The van der Waals surface area contributed by atoms with Gasteiger partial charge in [-0.15, -0.1) is 0 Å². The molecule has 1 heterocycles. The molecule has 0 amide bonds. The van der Waals surface area contributed by atoms with Gasteiger partial charge in [0.05, 0.1) is 10.6 Å². The maximum Gasteiger partial charge on any atom is 0.191 e. The second-order valence-corrected chi connectivity index (χ2v) is 8.34. The van der Waals surface area contributed by atoms with Gasteiger partial charge in [0.1, 0.15) is 18.7 Å². The maximum atomic E-state index is 14.8. The Morgan fingerprint density at radius 3 is 2.36 bits per heavy atom. The van der Waals surface area contributed by atoms with E-state index in [4.69, 9.17) is 4.74 Å². The molecule has 0 bridgehead atoms. The number of ether oxygens (including phenoxy) is 1. The van der Waals surface area contributed by atoms with E-state index in [1.807, 2.05) is 30.3 Å². The zero-order valence-electron chi connectivity index (χ0n) is 17.8. The fourth-order valence-corrected chi connectivity index (χ4v) is 4.47. The van der Waals surface area contributed by atoms with Crippen LogP contribution in [0.5, 0.6) is 5.75 Å². The third kappa shape index (κ3) is 4.98. The van der Waals surface area contributed by atoms with Gasteiger partial charge in [-0.3, -0.25) is 0 Å². The minimum absolute atomic E-state index is 0.172. The lowest BCUT2D eigenvalue weighted by molar-refractivity contribution is -0.107. The molecule has 4 aromatic rings. The molecule has 0 aliphatic heterocycles. The molecule has 1 aromatic heterocycles. The Morgan fingerprint density at radius 2 is 1.70 bits per heavy atom. The molecule has 0 aliphatic carbocycles. The van der Waals surface area contributed by atoms with Crippen molar-refractivity contribution in [1.29, 1.82) is 0 Å².